The first-order chi connectivity index (χ1) is 12.7. The lowest BCUT2D eigenvalue weighted by atomic mass is 10.1. The van der Waals surface area contributed by atoms with Gasteiger partial charge in [0.15, 0.2) is 0 Å². The molecule has 3 heterocycles. The molecule has 6 nitrogen and oxygen atoms in total. The third kappa shape index (κ3) is 3.31. The number of hydrogen-bond donors (Lipinski definition) is 0. The number of carbonyl (C=O) groups excluding carboxylic acids is 1. The van der Waals surface area contributed by atoms with Crippen molar-refractivity contribution in [2.75, 3.05) is 6.54 Å². The number of benzene rings is 1. The zero-order valence-electron chi connectivity index (χ0n) is 14.6. The lowest BCUT2D eigenvalue weighted by Gasteiger charge is -2.27. The Hall–Kier alpha value is -3.15. The molecule has 1 aliphatic rings. The average molecular weight is 348 g/mol. The third-order valence-electron chi connectivity index (χ3n) is 4.60. The summed E-state index contributed by atoms with van der Waals surface area (Å²) in [5.74, 6) is 0.434. The van der Waals surface area contributed by atoms with Gasteiger partial charge in [-0.1, -0.05) is 30.3 Å². The summed E-state index contributed by atoms with van der Waals surface area (Å²) in [4.78, 5) is 23.3. The first kappa shape index (κ1) is 16.3. The van der Waals surface area contributed by atoms with Gasteiger partial charge in [0.25, 0.3) is 5.91 Å². The van der Waals surface area contributed by atoms with Gasteiger partial charge in [-0.15, -0.1) is 0 Å². The van der Waals surface area contributed by atoms with Gasteiger partial charge in [-0.2, -0.15) is 0 Å². The highest BCUT2D eigenvalue weighted by molar-refractivity contribution is 5.94. The Bertz CT molecular complexity index is 921. The monoisotopic (exact) mass is 348 g/mol. The van der Waals surface area contributed by atoms with Crippen molar-refractivity contribution in [3.8, 4) is 5.88 Å². The van der Waals surface area contributed by atoms with Crippen molar-refractivity contribution in [3.63, 3.8) is 0 Å². The SMILES string of the molecule is Cn1cnc2c1CCN(C(=O)c1ccnc(OCc3ccccc3)c1)C2. The Morgan fingerprint density at radius 1 is 1.19 bits per heavy atom. The molecule has 0 saturated carbocycles. The van der Waals surface area contributed by atoms with Gasteiger partial charge in [0, 0.05) is 43.5 Å². The molecule has 0 bridgehead atoms. The predicted octanol–water partition coefficient (Wildman–Crippen LogP) is 2.59. The van der Waals surface area contributed by atoms with Crippen molar-refractivity contribution in [2.45, 2.75) is 19.6 Å². The topological polar surface area (TPSA) is 60.2 Å². The molecular formula is C20H20N4O2. The Morgan fingerprint density at radius 3 is 2.88 bits per heavy atom. The highest BCUT2D eigenvalue weighted by atomic mass is 16.5. The van der Waals surface area contributed by atoms with Crippen LogP contribution in [0.2, 0.25) is 0 Å². The fraction of sp³-hybridized carbons (Fsp3) is 0.250. The zero-order valence-corrected chi connectivity index (χ0v) is 14.6. The first-order valence-corrected chi connectivity index (χ1v) is 8.62. The van der Waals surface area contributed by atoms with Crippen LogP contribution in [0.1, 0.15) is 27.3 Å². The number of amides is 1. The molecule has 132 valence electrons. The largest absolute Gasteiger partial charge is 0.473 e. The molecule has 0 N–H and O–H groups in total. The third-order valence-corrected chi connectivity index (χ3v) is 4.60. The van der Waals surface area contributed by atoms with E-state index < -0.39 is 0 Å². The molecule has 26 heavy (non-hydrogen) atoms. The molecule has 0 unspecified atom stereocenters. The summed E-state index contributed by atoms with van der Waals surface area (Å²) in [5, 5.41) is 0. The van der Waals surface area contributed by atoms with Crippen LogP contribution in [0.25, 0.3) is 0 Å². The van der Waals surface area contributed by atoms with Crippen molar-refractivity contribution in [2.24, 2.45) is 7.05 Å². The maximum atomic E-state index is 12.9. The van der Waals surface area contributed by atoms with Gasteiger partial charge in [0.05, 0.1) is 18.6 Å². The second-order valence-corrected chi connectivity index (χ2v) is 6.38. The molecule has 1 aromatic carbocycles. The summed E-state index contributed by atoms with van der Waals surface area (Å²) in [6, 6.07) is 13.3. The molecule has 0 aliphatic carbocycles. The fourth-order valence-corrected chi connectivity index (χ4v) is 3.17. The van der Waals surface area contributed by atoms with Gasteiger partial charge in [0.1, 0.15) is 6.61 Å². The summed E-state index contributed by atoms with van der Waals surface area (Å²) in [6.45, 7) is 1.65. The van der Waals surface area contributed by atoms with Crippen LogP contribution >= 0.6 is 0 Å². The molecule has 1 aliphatic heterocycles. The molecule has 3 aromatic rings. The highest BCUT2D eigenvalue weighted by Crippen LogP contribution is 2.20. The Kier molecular flexibility index (Phi) is 4.39. The van der Waals surface area contributed by atoms with Crippen molar-refractivity contribution >= 4 is 5.91 Å². The van der Waals surface area contributed by atoms with E-state index in [9.17, 15) is 4.79 Å². The number of imidazole rings is 1. The smallest absolute Gasteiger partial charge is 0.254 e. The Morgan fingerprint density at radius 2 is 2.04 bits per heavy atom. The zero-order chi connectivity index (χ0) is 17.9. The number of rotatable bonds is 4. The van der Waals surface area contributed by atoms with Gasteiger partial charge in [-0.05, 0) is 11.6 Å². The van der Waals surface area contributed by atoms with Gasteiger partial charge < -0.3 is 14.2 Å². The lowest BCUT2D eigenvalue weighted by Crippen LogP contribution is -2.36. The molecular weight excluding hydrogens is 328 g/mol. The molecule has 2 aromatic heterocycles. The van der Waals surface area contributed by atoms with Crippen LogP contribution in [0.15, 0.2) is 55.0 Å². The first-order valence-electron chi connectivity index (χ1n) is 8.62. The van der Waals surface area contributed by atoms with E-state index in [-0.39, 0.29) is 5.91 Å². The molecule has 0 radical (unpaired) electrons. The van der Waals surface area contributed by atoms with Gasteiger partial charge in [0.2, 0.25) is 5.88 Å². The van der Waals surface area contributed by atoms with E-state index in [4.69, 9.17) is 4.74 Å². The normalized spacial score (nSPS) is 13.3. The minimum absolute atomic E-state index is 0.0201. The van der Waals surface area contributed by atoms with Crippen molar-refractivity contribution in [3.05, 3.63) is 77.5 Å². The van der Waals surface area contributed by atoms with Crippen molar-refractivity contribution in [1.29, 1.82) is 0 Å². The van der Waals surface area contributed by atoms with Gasteiger partial charge in [-0.3, -0.25) is 4.79 Å². The van der Waals surface area contributed by atoms with E-state index in [1.165, 1.54) is 5.69 Å². The minimum atomic E-state index is -0.0201. The number of hydrogen-bond acceptors (Lipinski definition) is 4. The van der Waals surface area contributed by atoms with Crippen LogP contribution < -0.4 is 4.74 Å². The van der Waals surface area contributed by atoms with Crippen molar-refractivity contribution in [1.82, 2.24) is 19.4 Å². The lowest BCUT2D eigenvalue weighted by molar-refractivity contribution is 0.0730. The van der Waals surface area contributed by atoms with Crippen LogP contribution in [0, 0.1) is 0 Å². The summed E-state index contributed by atoms with van der Waals surface area (Å²) < 4.78 is 7.76. The van der Waals surface area contributed by atoms with Crippen molar-refractivity contribution < 1.29 is 9.53 Å². The number of ether oxygens (including phenoxy) is 1. The number of carbonyl (C=O) groups is 1. The molecule has 6 heteroatoms. The highest BCUT2D eigenvalue weighted by Gasteiger charge is 2.24. The quantitative estimate of drug-likeness (QED) is 0.727. The number of aromatic nitrogens is 3. The van der Waals surface area contributed by atoms with E-state index in [0.29, 0.717) is 31.1 Å². The molecule has 4 rings (SSSR count). The van der Waals surface area contributed by atoms with E-state index in [0.717, 1.165) is 17.7 Å². The van der Waals surface area contributed by atoms with Crippen LogP contribution in [0.3, 0.4) is 0 Å². The van der Waals surface area contributed by atoms with E-state index >= 15 is 0 Å². The number of aryl methyl sites for hydroxylation is 1. The Labute approximate surface area is 152 Å². The van der Waals surface area contributed by atoms with E-state index in [1.54, 1.807) is 24.7 Å². The molecule has 1 amide bonds. The van der Waals surface area contributed by atoms with Crippen LogP contribution in [-0.4, -0.2) is 31.9 Å². The van der Waals surface area contributed by atoms with Crippen LogP contribution in [0.4, 0.5) is 0 Å². The molecule has 0 fully saturated rings. The number of pyridine rings is 1. The second-order valence-electron chi connectivity index (χ2n) is 6.38. The maximum absolute atomic E-state index is 12.9. The average Bonchev–Trinajstić information content (AvgIpc) is 3.07. The Balaban J connectivity index is 1.45. The van der Waals surface area contributed by atoms with Crippen LogP contribution in [-0.2, 0) is 26.6 Å². The standard InChI is InChI=1S/C20H20N4O2/c1-23-14-22-17-12-24(10-8-18(17)23)20(25)16-7-9-21-19(11-16)26-13-15-5-3-2-4-6-15/h2-7,9,11,14H,8,10,12-13H2,1H3. The maximum Gasteiger partial charge on any atom is 0.254 e. The number of nitrogens with zero attached hydrogens (tertiary/aromatic N) is 4. The van der Waals surface area contributed by atoms with Gasteiger partial charge in [-0.25, -0.2) is 9.97 Å². The molecule has 0 atom stereocenters. The molecule has 0 spiro atoms. The summed E-state index contributed by atoms with van der Waals surface area (Å²) in [7, 11) is 1.99. The summed E-state index contributed by atoms with van der Waals surface area (Å²) >= 11 is 0. The predicted molar refractivity (Wildman–Crippen MR) is 96.7 cm³/mol. The minimum Gasteiger partial charge on any atom is -0.473 e. The summed E-state index contributed by atoms with van der Waals surface area (Å²) in [6.07, 6.45) is 4.24. The van der Waals surface area contributed by atoms with E-state index in [2.05, 4.69) is 9.97 Å². The number of fused-ring (bicyclic) bond motifs is 1. The molecule has 0 saturated heterocycles. The van der Waals surface area contributed by atoms with Gasteiger partial charge >= 0.3 is 0 Å². The summed E-state index contributed by atoms with van der Waals surface area (Å²) in [5.41, 5.74) is 3.82. The fourth-order valence-electron chi connectivity index (χ4n) is 3.17. The second kappa shape index (κ2) is 7.00. The van der Waals surface area contributed by atoms with E-state index in [1.807, 2.05) is 46.8 Å². The van der Waals surface area contributed by atoms with Crippen LogP contribution in [0.5, 0.6) is 5.88 Å².